The van der Waals surface area contributed by atoms with E-state index in [9.17, 15) is 0 Å². The van der Waals surface area contributed by atoms with E-state index >= 15 is 0 Å². The highest BCUT2D eigenvalue weighted by molar-refractivity contribution is 6.31. The monoisotopic (exact) mass is 313 g/mol. The van der Waals surface area contributed by atoms with Gasteiger partial charge in [-0.15, -0.1) is 0 Å². The molecule has 116 valence electrons. The maximum absolute atomic E-state index is 6.17. The first-order valence-corrected chi connectivity index (χ1v) is 8.79. The van der Waals surface area contributed by atoms with Gasteiger partial charge in [0.05, 0.1) is 0 Å². The summed E-state index contributed by atoms with van der Waals surface area (Å²) in [6.45, 7) is 4.58. The van der Waals surface area contributed by atoms with Crippen molar-refractivity contribution < 1.29 is 0 Å². The number of hydrogen-bond acceptors (Lipinski definition) is 0. The quantitative estimate of drug-likeness (QED) is 0.519. The topological polar surface area (TPSA) is 15.8 Å². The van der Waals surface area contributed by atoms with Gasteiger partial charge in [0.2, 0.25) is 0 Å². The van der Waals surface area contributed by atoms with Crippen LogP contribution in [0.25, 0.3) is 21.8 Å². The van der Waals surface area contributed by atoms with Gasteiger partial charge in [-0.05, 0) is 48.2 Å². The van der Waals surface area contributed by atoms with Gasteiger partial charge in [-0.3, -0.25) is 0 Å². The van der Waals surface area contributed by atoms with E-state index in [1.165, 1.54) is 54.0 Å². The van der Waals surface area contributed by atoms with Crippen molar-refractivity contribution in [3.8, 4) is 0 Å². The van der Waals surface area contributed by atoms with E-state index in [1.807, 2.05) is 6.07 Å². The Morgan fingerprint density at radius 3 is 2.45 bits per heavy atom. The van der Waals surface area contributed by atoms with Gasteiger partial charge in [-0.2, -0.15) is 0 Å². The van der Waals surface area contributed by atoms with E-state index in [0.29, 0.717) is 0 Å². The molecule has 0 fully saturated rings. The van der Waals surface area contributed by atoms with Crippen LogP contribution in [0.4, 0.5) is 0 Å². The number of aromatic nitrogens is 1. The molecule has 2 aromatic carbocycles. The van der Waals surface area contributed by atoms with Gasteiger partial charge in [0.1, 0.15) is 0 Å². The van der Waals surface area contributed by atoms with Crippen molar-refractivity contribution in [2.45, 2.75) is 46.0 Å². The first-order valence-electron chi connectivity index (χ1n) is 8.41. The van der Waals surface area contributed by atoms with E-state index in [1.54, 1.807) is 0 Å². The fourth-order valence-corrected chi connectivity index (χ4v) is 3.49. The molecule has 22 heavy (non-hydrogen) atoms. The Kier molecular flexibility index (Phi) is 4.73. The number of fused-ring (bicyclic) bond motifs is 3. The van der Waals surface area contributed by atoms with Crippen LogP contribution < -0.4 is 0 Å². The molecule has 1 heterocycles. The maximum atomic E-state index is 6.17. The summed E-state index contributed by atoms with van der Waals surface area (Å²) in [4.78, 5) is 3.48. The SMILES string of the molecule is CCCCC(CC)Cc1ccc2[nH]c3ccc(Cl)cc3c2c1. The number of aromatic amines is 1. The Balaban J connectivity index is 1.94. The minimum Gasteiger partial charge on any atom is -0.355 e. The molecule has 0 spiro atoms. The van der Waals surface area contributed by atoms with Crippen molar-refractivity contribution in [1.82, 2.24) is 4.98 Å². The summed E-state index contributed by atoms with van der Waals surface area (Å²) < 4.78 is 0. The molecule has 2 heteroatoms. The van der Waals surface area contributed by atoms with Crippen LogP contribution >= 0.6 is 11.6 Å². The van der Waals surface area contributed by atoms with Crippen molar-refractivity contribution in [2.24, 2.45) is 5.92 Å². The highest BCUT2D eigenvalue weighted by Gasteiger charge is 2.10. The van der Waals surface area contributed by atoms with Gasteiger partial charge in [-0.25, -0.2) is 0 Å². The minimum atomic E-state index is 0.797. The molecule has 0 aliphatic carbocycles. The molecule has 1 unspecified atom stereocenters. The fraction of sp³-hybridized carbons (Fsp3) is 0.400. The van der Waals surface area contributed by atoms with Gasteiger partial charge in [-0.1, -0.05) is 57.2 Å². The first kappa shape index (κ1) is 15.4. The van der Waals surface area contributed by atoms with Crippen LogP contribution in [0.2, 0.25) is 5.02 Å². The third kappa shape index (κ3) is 3.15. The highest BCUT2D eigenvalue weighted by atomic mass is 35.5. The van der Waals surface area contributed by atoms with Gasteiger partial charge >= 0.3 is 0 Å². The molecule has 1 N–H and O–H groups in total. The second kappa shape index (κ2) is 6.75. The summed E-state index contributed by atoms with van der Waals surface area (Å²) in [5.41, 5.74) is 3.80. The molecule has 0 radical (unpaired) electrons. The first-order chi connectivity index (χ1) is 10.7. The second-order valence-corrected chi connectivity index (χ2v) is 6.75. The molecule has 3 aromatic rings. The molecular formula is C20H24ClN. The van der Waals surface area contributed by atoms with Gasteiger partial charge in [0, 0.05) is 26.8 Å². The third-order valence-corrected chi connectivity index (χ3v) is 4.93. The number of nitrogens with one attached hydrogen (secondary N) is 1. The molecule has 0 bridgehead atoms. The summed E-state index contributed by atoms with van der Waals surface area (Å²) in [5.74, 6) is 0.797. The lowest BCUT2D eigenvalue weighted by Crippen LogP contribution is -2.03. The van der Waals surface area contributed by atoms with Crippen LogP contribution in [0.1, 0.15) is 45.1 Å². The number of hydrogen-bond donors (Lipinski definition) is 1. The Labute approximate surface area is 137 Å². The number of H-pyrrole nitrogens is 1. The fourth-order valence-electron chi connectivity index (χ4n) is 3.32. The van der Waals surface area contributed by atoms with E-state index in [0.717, 1.165) is 16.5 Å². The molecule has 1 aromatic heterocycles. The number of unbranched alkanes of at least 4 members (excludes halogenated alkanes) is 1. The average Bonchev–Trinajstić information content (AvgIpc) is 2.88. The molecule has 0 aliphatic heterocycles. The lowest BCUT2D eigenvalue weighted by molar-refractivity contribution is 0.449. The molecule has 1 nitrogen and oxygen atoms in total. The van der Waals surface area contributed by atoms with Crippen molar-refractivity contribution in [3.05, 3.63) is 47.0 Å². The van der Waals surface area contributed by atoms with E-state index in [4.69, 9.17) is 11.6 Å². The van der Waals surface area contributed by atoms with Crippen LogP contribution in [0.5, 0.6) is 0 Å². The van der Waals surface area contributed by atoms with Crippen molar-refractivity contribution >= 4 is 33.4 Å². The van der Waals surface area contributed by atoms with Crippen molar-refractivity contribution in [1.29, 1.82) is 0 Å². The summed E-state index contributed by atoms with van der Waals surface area (Å²) in [5, 5.41) is 3.32. The molecule has 1 atom stereocenters. The molecule has 0 aliphatic rings. The van der Waals surface area contributed by atoms with Crippen molar-refractivity contribution in [3.63, 3.8) is 0 Å². The lowest BCUT2D eigenvalue weighted by atomic mass is 9.91. The van der Waals surface area contributed by atoms with Crippen LogP contribution in [-0.2, 0) is 6.42 Å². The molecule has 3 rings (SSSR count). The molecular weight excluding hydrogens is 290 g/mol. The minimum absolute atomic E-state index is 0.797. The van der Waals surface area contributed by atoms with Crippen LogP contribution in [0.3, 0.4) is 0 Å². The van der Waals surface area contributed by atoms with Gasteiger partial charge in [0.25, 0.3) is 0 Å². The summed E-state index contributed by atoms with van der Waals surface area (Å²) in [7, 11) is 0. The average molecular weight is 314 g/mol. The Bertz CT molecular complexity index is 772. The standard InChI is InChI=1S/C20H24ClN/c1-3-5-6-14(4-2)11-15-7-9-19-17(12-15)18-13-16(21)8-10-20(18)22-19/h7-10,12-14,22H,3-6,11H2,1-2H3. The van der Waals surface area contributed by atoms with E-state index in [2.05, 4.69) is 49.2 Å². The smallest absolute Gasteiger partial charge is 0.0465 e. The molecule has 0 saturated heterocycles. The van der Waals surface area contributed by atoms with Crippen LogP contribution in [-0.4, -0.2) is 4.98 Å². The van der Waals surface area contributed by atoms with Gasteiger partial charge < -0.3 is 4.98 Å². The zero-order valence-electron chi connectivity index (χ0n) is 13.5. The molecule has 0 saturated carbocycles. The number of rotatable bonds is 6. The van der Waals surface area contributed by atoms with E-state index < -0.39 is 0 Å². The normalized spacial score (nSPS) is 13.0. The Morgan fingerprint density at radius 2 is 1.73 bits per heavy atom. The summed E-state index contributed by atoms with van der Waals surface area (Å²) in [6.07, 6.45) is 6.40. The van der Waals surface area contributed by atoms with Crippen molar-refractivity contribution in [2.75, 3.05) is 0 Å². The maximum Gasteiger partial charge on any atom is 0.0465 e. The van der Waals surface area contributed by atoms with Gasteiger partial charge in [0.15, 0.2) is 0 Å². The predicted octanol–water partition coefficient (Wildman–Crippen LogP) is 6.73. The Morgan fingerprint density at radius 1 is 1.00 bits per heavy atom. The summed E-state index contributed by atoms with van der Waals surface area (Å²) >= 11 is 6.17. The third-order valence-electron chi connectivity index (χ3n) is 4.69. The Hall–Kier alpha value is -1.47. The van der Waals surface area contributed by atoms with Crippen LogP contribution in [0, 0.1) is 5.92 Å². The zero-order chi connectivity index (χ0) is 15.5. The lowest BCUT2D eigenvalue weighted by Gasteiger charge is -2.14. The molecule has 0 amide bonds. The number of benzene rings is 2. The largest absolute Gasteiger partial charge is 0.355 e. The summed E-state index contributed by atoms with van der Waals surface area (Å²) in [6, 6.07) is 12.9. The second-order valence-electron chi connectivity index (χ2n) is 6.32. The zero-order valence-corrected chi connectivity index (χ0v) is 14.2. The van der Waals surface area contributed by atoms with E-state index in [-0.39, 0.29) is 0 Å². The predicted molar refractivity (Wildman–Crippen MR) is 97.8 cm³/mol. The highest BCUT2D eigenvalue weighted by Crippen LogP contribution is 2.29. The van der Waals surface area contributed by atoms with Crippen LogP contribution in [0.15, 0.2) is 36.4 Å². The number of halogens is 1.